The van der Waals surface area contributed by atoms with Gasteiger partial charge in [0.05, 0.1) is 34.7 Å². The van der Waals surface area contributed by atoms with E-state index in [1.54, 1.807) is 64.1 Å². The van der Waals surface area contributed by atoms with E-state index in [9.17, 15) is 19.6 Å². The smallest absolute Gasteiger partial charge is 0.412 e. The Labute approximate surface area is 227 Å². The molecule has 0 aliphatic rings. The summed E-state index contributed by atoms with van der Waals surface area (Å²) in [6.45, 7) is 10.9. The lowest BCUT2D eigenvalue weighted by atomic mass is 10.0. The van der Waals surface area contributed by atoms with E-state index in [1.165, 1.54) is 6.07 Å². The van der Waals surface area contributed by atoms with Gasteiger partial charge in [-0.2, -0.15) is 5.26 Å². The topological polar surface area (TPSA) is 138 Å². The number of hydrogen-bond acceptors (Lipinski definition) is 8. The number of aryl methyl sites for hydroxylation is 1. The van der Waals surface area contributed by atoms with Gasteiger partial charge in [0.2, 0.25) is 5.91 Å². The Hall–Kier alpha value is -4.65. The summed E-state index contributed by atoms with van der Waals surface area (Å²) in [5.41, 5.74) is 2.20. The molecule has 0 spiro atoms. The maximum Gasteiger partial charge on any atom is 0.412 e. The van der Waals surface area contributed by atoms with Crippen LogP contribution in [0.3, 0.4) is 0 Å². The number of carbonyl (C=O) groups is 3. The SMILES string of the molecule is Cc1cc(-c2cccc(C(=O)CC(=O)Nc3cc(C#N)c(N(C)C(C)C)cc3NC(=O)OC(C)(C)C)c2)on1. The number of nitriles is 1. The molecule has 0 aliphatic carbocycles. The van der Waals surface area contributed by atoms with Gasteiger partial charge in [-0.25, -0.2) is 4.79 Å². The van der Waals surface area contributed by atoms with Crippen LogP contribution in [0.2, 0.25) is 0 Å². The Morgan fingerprint density at radius 1 is 1.10 bits per heavy atom. The van der Waals surface area contributed by atoms with Crippen LogP contribution in [0.15, 0.2) is 47.0 Å². The van der Waals surface area contributed by atoms with Gasteiger partial charge in [0.25, 0.3) is 0 Å². The average molecular weight is 532 g/mol. The van der Waals surface area contributed by atoms with Gasteiger partial charge in [-0.15, -0.1) is 0 Å². The number of aromatic nitrogens is 1. The molecule has 2 amide bonds. The lowest BCUT2D eigenvalue weighted by Crippen LogP contribution is -2.29. The van der Waals surface area contributed by atoms with Gasteiger partial charge in [-0.1, -0.05) is 23.4 Å². The number of benzene rings is 2. The van der Waals surface area contributed by atoms with E-state index in [0.717, 1.165) is 0 Å². The normalized spacial score (nSPS) is 11.1. The van der Waals surface area contributed by atoms with Gasteiger partial charge in [0.1, 0.15) is 11.7 Å². The second kappa shape index (κ2) is 11.8. The van der Waals surface area contributed by atoms with Crippen LogP contribution in [0.1, 0.15) is 62.7 Å². The zero-order valence-corrected chi connectivity index (χ0v) is 23.2. The van der Waals surface area contributed by atoms with Crippen molar-refractivity contribution in [3.63, 3.8) is 0 Å². The van der Waals surface area contributed by atoms with Crippen molar-refractivity contribution >= 4 is 34.8 Å². The number of amides is 2. The molecule has 39 heavy (non-hydrogen) atoms. The Morgan fingerprint density at radius 2 is 1.79 bits per heavy atom. The predicted molar refractivity (Wildman–Crippen MR) is 149 cm³/mol. The van der Waals surface area contributed by atoms with Gasteiger partial charge in [0, 0.05) is 30.3 Å². The van der Waals surface area contributed by atoms with Gasteiger partial charge in [0.15, 0.2) is 11.5 Å². The highest BCUT2D eigenvalue weighted by molar-refractivity contribution is 6.12. The number of rotatable bonds is 8. The fraction of sp³-hybridized carbons (Fsp3) is 0.345. The van der Waals surface area contributed by atoms with Crippen LogP contribution >= 0.6 is 0 Å². The number of carbonyl (C=O) groups excluding carboxylic acids is 3. The summed E-state index contributed by atoms with van der Waals surface area (Å²) in [7, 11) is 1.82. The Morgan fingerprint density at radius 3 is 2.38 bits per heavy atom. The van der Waals surface area contributed by atoms with E-state index < -0.39 is 29.8 Å². The van der Waals surface area contributed by atoms with Crippen LogP contribution in [-0.4, -0.2) is 41.6 Å². The van der Waals surface area contributed by atoms with Gasteiger partial charge >= 0.3 is 6.09 Å². The molecule has 0 unspecified atom stereocenters. The van der Waals surface area contributed by atoms with Crippen molar-refractivity contribution in [1.29, 1.82) is 5.26 Å². The van der Waals surface area contributed by atoms with E-state index in [1.807, 2.05) is 25.8 Å². The van der Waals surface area contributed by atoms with Gasteiger partial charge in [-0.05, 0) is 59.7 Å². The van der Waals surface area contributed by atoms with E-state index >= 15 is 0 Å². The molecule has 0 bridgehead atoms. The van der Waals surface area contributed by atoms with Gasteiger partial charge < -0.3 is 19.5 Å². The van der Waals surface area contributed by atoms with E-state index in [2.05, 4.69) is 21.9 Å². The first-order valence-electron chi connectivity index (χ1n) is 12.4. The summed E-state index contributed by atoms with van der Waals surface area (Å²) >= 11 is 0. The summed E-state index contributed by atoms with van der Waals surface area (Å²) in [5.74, 6) is -0.508. The number of ketones is 1. The third-order valence-corrected chi connectivity index (χ3v) is 5.74. The standard InChI is InChI=1S/C29H33N5O5/c1-17(2)34(7)24-14-23(32-28(37)38-29(4,5)6)22(13-21(24)16-30)31-27(36)15-25(35)19-9-8-10-20(12-19)26-11-18(3)33-39-26/h8-14,17H,15H2,1-7H3,(H,31,36)(H,32,37). The minimum Gasteiger partial charge on any atom is -0.444 e. The highest BCUT2D eigenvalue weighted by Crippen LogP contribution is 2.33. The molecule has 3 aromatic rings. The van der Waals surface area contributed by atoms with Crippen molar-refractivity contribution in [1.82, 2.24) is 5.16 Å². The first kappa shape index (κ1) is 28.9. The van der Waals surface area contributed by atoms with E-state index in [-0.39, 0.29) is 23.0 Å². The number of Topliss-reactive ketones (excluding diaryl/α,β-unsaturated/α-hetero) is 1. The Bertz CT molecular complexity index is 1430. The minimum atomic E-state index is -0.747. The molecular formula is C29H33N5O5. The predicted octanol–water partition coefficient (Wildman–Crippen LogP) is 5.92. The highest BCUT2D eigenvalue weighted by Gasteiger charge is 2.22. The summed E-state index contributed by atoms with van der Waals surface area (Å²) < 4.78 is 10.6. The molecule has 0 atom stereocenters. The fourth-order valence-corrected chi connectivity index (χ4v) is 3.66. The lowest BCUT2D eigenvalue weighted by molar-refractivity contribution is -0.115. The minimum absolute atomic E-state index is 0.0566. The van der Waals surface area contributed by atoms with Crippen LogP contribution in [-0.2, 0) is 9.53 Å². The Kier molecular flexibility index (Phi) is 8.76. The fourth-order valence-electron chi connectivity index (χ4n) is 3.66. The number of anilines is 3. The second-order valence-corrected chi connectivity index (χ2v) is 10.4. The van der Waals surface area contributed by atoms with Crippen LogP contribution in [0, 0.1) is 18.3 Å². The molecule has 0 saturated carbocycles. The highest BCUT2D eigenvalue weighted by atomic mass is 16.6. The summed E-state index contributed by atoms with van der Waals surface area (Å²) in [4.78, 5) is 40.3. The first-order valence-corrected chi connectivity index (χ1v) is 12.4. The number of ether oxygens (including phenoxy) is 1. The molecule has 2 N–H and O–H groups in total. The quantitative estimate of drug-likeness (QED) is 0.270. The molecular weight excluding hydrogens is 498 g/mol. The monoisotopic (exact) mass is 531 g/mol. The number of nitrogens with zero attached hydrogens (tertiary/aromatic N) is 3. The summed E-state index contributed by atoms with van der Waals surface area (Å²) in [6, 6.07) is 13.7. The van der Waals surface area contributed by atoms with E-state index in [0.29, 0.717) is 28.3 Å². The molecule has 0 saturated heterocycles. The maximum absolute atomic E-state index is 13.0. The zero-order valence-electron chi connectivity index (χ0n) is 23.2. The number of nitrogens with one attached hydrogen (secondary N) is 2. The molecule has 1 heterocycles. The van der Waals surface area contributed by atoms with Crippen molar-refractivity contribution in [3.05, 3.63) is 59.3 Å². The zero-order chi connectivity index (χ0) is 28.9. The van der Waals surface area contributed by atoms with Crippen molar-refractivity contribution < 1.29 is 23.6 Å². The first-order chi connectivity index (χ1) is 18.3. The second-order valence-electron chi connectivity index (χ2n) is 10.4. The van der Waals surface area contributed by atoms with Gasteiger partial charge in [-0.3, -0.25) is 14.9 Å². The molecule has 0 fully saturated rings. The Balaban J connectivity index is 1.87. The summed E-state index contributed by atoms with van der Waals surface area (Å²) in [6.07, 6.45) is -1.18. The van der Waals surface area contributed by atoms with Crippen molar-refractivity contribution in [2.45, 2.75) is 59.6 Å². The van der Waals surface area contributed by atoms with Crippen LogP contribution in [0.5, 0.6) is 0 Å². The molecule has 1 aromatic heterocycles. The largest absolute Gasteiger partial charge is 0.444 e. The lowest BCUT2D eigenvalue weighted by Gasteiger charge is -2.27. The molecule has 2 aromatic carbocycles. The maximum atomic E-state index is 13.0. The van der Waals surface area contributed by atoms with E-state index in [4.69, 9.17) is 9.26 Å². The molecule has 10 nitrogen and oxygen atoms in total. The molecule has 0 radical (unpaired) electrons. The average Bonchev–Trinajstić information content (AvgIpc) is 3.29. The van der Waals surface area contributed by atoms with Crippen molar-refractivity contribution in [3.8, 4) is 17.4 Å². The molecule has 204 valence electrons. The molecule has 3 rings (SSSR count). The summed E-state index contributed by atoms with van der Waals surface area (Å²) in [5, 5.41) is 19.0. The third kappa shape index (κ3) is 7.68. The van der Waals surface area contributed by atoms with Crippen LogP contribution in [0.25, 0.3) is 11.3 Å². The van der Waals surface area contributed by atoms with Crippen LogP contribution in [0.4, 0.5) is 21.9 Å². The van der Waals surface area contributed by atoms with Crippen molar-refractivity contribution in [2.75, 3.05) is 22.6 Å². The molecule has 0 aliphatic heterocycles. The third-order valence-electron chi connectivity index (χ3n) is 5.74. The van der Waals surface area contributed by atoms with Crippen LogP contribution < -0.4 is 15.5 Å². The number of hydrogen-bond donors (Lipinski definition) is 2. The van der Waals surface area contributed by atoms with Crippen molar-refractivity contribution in [2.24, 2.45) is 0 Å². The molecule has 10 heteroatoms.